The predicted molar refractivity (Wildman–Crippen MR) is 55.7 cm³/mol. The molecule has 0 bridgehead atoms. The second-order valence-electron chi connectivity index (χ2n) is 3.35. The molecule has 1 aliphatic rings. The summed E-state index contributed by atoms with van der Waals surface area (Å²) < 4.78 is 0. The average Bonchev–Trinajstić information content (AvgIpc) is 2.04. The van der Waals surface area contributed by atoms with Crippen molar-refractivity contribution in [1.29, 1.82) is 0 Å². The van der Waals surface area contributed by atoms with E-state index in [1.165, 1.54) is 6.42 Å². The van der Waals surface area contributed by atoms with Gasteiger partial charge in [-0.1, -0.05) is 13.8 Å². The second kappa shape index (κ2) is 5.97. The van der Waals surface area contributed by atoms with Gasteiger partial charge >= 0.3 is 0 Å². The first-order valence-corrected chi connectivity index (χ1v) is 5.12. The molecule has 0 unspecified atom stereocenters. The first-order valence-electron chi connectivity index (χ1n) is 5.12. The Kier molecular flexibility index (Phi) is 5.71. The molecule has 0 atom stereocenters. The SMILES string of the molecule is CC.CNCC1(NC(C)=O)CCC1. The molecule has 0 heterocycles. The maximum atomic E-state index is 10.8. The Balaban J connectivity index is 0.000000671. The first-order chi connectivity index (χ1) is 6.18. The Hall–Kier alpha value is -0.570. The van der Waals surface area contributed by atoms with E-state index < -0.39 is 0 Å². The van der Waals surface area contributed by atoms with Crippen molar-refractivity contribution in [3.05, 3.63) is 0 Å². The molecule has 78 valence electrons. The monoisotopic (exact) mass is 186 g/mol. The minimum atomic E-state index is 0.0833. The minimum absolute atomic E-state index is 0.0833. The minimum Gasteiger partial charge on any atom is -0.350 e. The van der Waals surface area contributed by atoms with Crippen LogP contribution < -0.4 is 10.6 Å². The Morgan fingerprint density at radius 1 is 1.38 bits per heavy atom. The zero-order valence-corrected chi connectivity index (χ0v) is 9.24. The van der Waals surface area contributed by atoms with Crippen molar-refractivity contribution in [2.24, 2.45) is 0 Å². The highest BCUT2D eigenvalue weighted by Crippen LogP contribution is 2.30. The lowest BCUT2D eigenvalue weighted by Crippen LogP contribution is -2.58. The van der Waals surface area contributed by atoms with Crippen molar-refractivity contribution in [2.75, 3.05) is 13.6 Å². The number of hydrogen-bond donors (Lipinski definition) is 2. The molecule has 3 heteroatoms. The van der Waals surface area contributed by atoms with Gasteiger partial charge in [-0.2, -0.15) is 0 Å². The lowest BCUT2D eigenvalue weighted by Gasteiger charge is -2.42. The number of carbonyl (C=O) groups is 1. The third-order valence-electron chi connectivity index (χ3n) is 2.27. The molecule has 1 rings (SSSR count). The average molecular weight is 186 g/mol. The highest BCUT2D eigenvalue weighted by Gasteiger charge is 2.36. The molecule has 0 aromatic carbocycles. The summed E-state index contributed by atoms with van der Waals surface area (Å²) in [6, 6.07) is 0. The highest BCUT2D eigenvalue weighted by atomic mass is 16.1. The van der Waals surface area contributed by atoms with E-state index in [1.54, 1.807) is 6.92 Å². The number of amides is 1. The summed E-state index contributed by atoms with van der Waals surface area (Å²) in [6.45, 7) is 6.47. The molecular formula is C10H22N2O. The third-order valence-corrected chi connectivity index (χ3v) is 2.27. The van der Waals surface area contributed by atoms with Gasteiger partial charge in [-0.25, -0.2) is 0 Å². The van der Waals surface area contributed by atoms with Crippen LogP contribution in [-0.4, -0.2) is 25.0 Å². The van der Waals surface area contributed by atoms with Crippen molar-refractivity contribution in [2.45, 2.75) is 45.6 Å². The van der Waals surface area contributed by atoms with Crippen LogP contribution in [0.15, 0.2) is 0 Å². The summed E-state index contributed by atoms with van der Waals surface area (Å²) in [4.78, 5) is 10.8. The Labute approximate surface area is 81.3 Å². The van der Waals surface area contributed by atoms with Crippen LogP contribution in [0.2, 0.25) is 0 Å². The second-order valence-corrected chi connectivity index (χ2v) is 3.35. The van der Waals surface area contributed by atoms with E-state index in [4.69, 9.17) is 0 Å². The van der Waals surface area contributed by atoms with Crippen molar-refractivity contribution in [3.8, 4) is 0 Å². The van der Waals surface area contributed by atoms with Gasteiger partial charge in [0.25, 0.3) is 0 Å². The Bertz CT molecular complexity index is 153. The Morgan fingerprint density at radius 3 is 2.15 bits per heavy atom. The van der Waals surface area contributed by atoms with Gasteiger partial charge in [0.15, 0.2) is 0 Å². The fraction of sp³-hybridized carbons (Fsp3) is 0.900. The number of hydrogen-bond acceptors (Lipinski definition) is 2. The molecule has 2 N–H and O–H groups in total. The summed E-state index contributed by atoms with van der Waals surface area (Å²) in [7, 11) is 1.92. The van der Waals surface area contributed by atoms with Crippen molar-refractivity contribution >= 4 is 5.91 Å². The number of nitrogens with one attached hydrogen (secondary N) is 2. The maximum Gasteiger partial charge on any atom is 0.217 e. The number of rotatable bonds is 3. The first kappa shape index (κ1) is 12.4. The van der Waals surface area contributed by atoms with Gasteiger partial charge in [-0.3, -0.25) is 4.79 Å². The van der Waals surface area contributed by atoms with Crippen LogP contribution in [0.5, 0.6) is 0 Å². The standard InChI is InChI=1S/C8H16N2O.C2H6/c1-7(11)10-8(6-9-2)4-3-5-8;1-2/h9H,3-6H2,1-2H3,(H,10,11);1-2H3. The van der Waals surface area contributed by atoms with Crippen LogP contribution in [0, 0.1) is 0 Å². The molecule has 1 aliphatic carbocycles. The zero-order valence-electron chi connectivity index (χ0n) is 9.24. The third kappa shape index (κ3) is 3.77. The fourth-order valence-electron chi connectivity index (χ4n) is 1.66. The van der Waals surface area contributed by atoms with E-state index in [2.05, 4.69) is 10.6 Å². The lowest BCUT2D eigenvalue weighted by molar-refractivity contribution is -0.121. The summed E-state index contributed by atoms with van der Waals surface area (Å²) in [5.41, 5.74) is 0.0839. The van der Waals surface area contributed by atoms with Crippen molar-refractivity contribution in [3.63, 3.8) is 0 Å². The van der Waals surface area contributed by atoms with Crippen molar-refractivity contribution < 1.29 is 4.79 Å². The molecule has 0 aliphatic heterocycles. The summed E-state index contributed by atoms with van der Waals surface area (Å²) in [6.07, 6.45) is 3.47. The van der Waals surface area contributed by atoms with Gasteiger partial charge in [-0.15, -0.1) is 0 Å². The van der Waals surface area contributed by atoms with Crippen molar-refractivity contribution in [1.82, 2.24) is 10.6 Å². The summed E-state index contributed by atoms with van der Waals surface area (Å²) in [5, 5.41) is 6.09. The van der Waals surface area contributed by atoms with Gasteiger partial charge in [0.05, 0.1) is 5.54 Å². The summed E-state index contributed by atoms with van der Waals surface area (Å²) in [5.74, 6) is 0.0833. The maximum absolute atomic E-state index is 10.8. The molecular weight excluding hydrogens is 164 g/mol. The van der Waals surface area contributed by atoms with E-state index in [0.717, 1.165) is 19.4 Å². The van der Waals surface area contributed by atoms with Crippen LogP contribution in [-0.2, 0) is 4.79 Å². The molecule has 3 nitrogen and oxygen atoms in total. The van der Waals surface area contributed by atoms with Crippen LogP contribution >= 0.6 is 0 Å². The van der Waals surface area contributed by atoms with E-state index in [0.29, 0.717) is 0 Å². The Morgan fingerprint density at radius 2 is 1.92 bits per heavy atom. The smallest absolute Gasteiger partial charge is 0.217 e. The quantitative estimate of drug-likeness (QED) is 0.697. The van der Waals surface area contributed by atoms with Gasteiger partial charge in [0, 0.05) is 13.5 Å². The van der Waals surface area contributed by atoms with Crippen LogP contribution in [0.1, 0.15) is 40.0 Å². The van der Waals surface area contributed by atoms with Gasteiger partial charge in [-0.05, 0) is 26.3 Å². The molecule has 1 amide bonds. The normalized spacial score (nSPS) is 17.8. The number of carbonyl (C=O) groups excluding carboxylic acids is 1. The van der Waals surface area contributed by atoms with E-state index in [9.17, 15) is 4.79 Å². The molecule has 13 heavy (non-hydrogen) atoms. The number of likely N-dealkylation sites (N-methyl/N-ethyl adjacent to an activating group) is 1. The largest absolute Gasteiger partial charge is 0.350 e. The topological polar surface area (TPSA) is 41.1 Å². The molecule has 0 saturated heterocycles. The van der Waals surface area contributed by atoms with E-state index in [1.807, 2.05) is 20.9 Å². The molecule has 1 saturated carbocycles. The molecule has 0 aromatic heterocycles. The molecule has 0 radical (unpaired) electrons. The fourth-order valence-corrected chi connectivity index (χ4v) is 1.66. The van der Waals surface area contributed by atoms with Gasteiger partial charge in [0.2, 0.25) is 5.91 Å². The van der Waals surface area contributed by atoms with Gasteiger partial charge in [0.1, 0.15) is 0 Å². The van der Waals surface area contributed by atoms with Crippen LogP contribution in [0.25, 0.3) is 0 Å². The molecule has 0 spiro atoms. The highest BCUT2D eigenvalue weighted by molar-refractivity contribution is 5.74. The lowest BCUT2D eigenvalue weighted by atomic mass is 9.76. The zero-order chi connectivity index (χ0) is 10.3. The summed E-state index contributed by atoms with van der Waals surface area (Å²) >= 11 is 0. The van der Waals surface area contributed by atoms with E-state index in [-0.39, 0.29) is 11.4 Å². The van der Waals surface area contributed by atoms with Crippen LogP contribution in [0.4, 0.5) is 0 Å². The van der Waals surface area contributed by atoms with Gasteiger partial charge < -0.3 is 10.6 Å². The van der Waals surface area contributed by atoms with E-state index >= 15 is 0 Å². The molecule has 0 aromatic rings. The van der Waals surface area contributed by atoms with Crippen LogP contribution in [0.3, 0.4) is 0 Å². The molecule has 1 fully saturated rings. The predicted octanol–water partition coefficient (Wildman–Crippen LogP) is 1.29.